The summed E-state index contributed by atoms with van der Waals surface area (Å²) in [7, 11) is 0. The average molecular weight is 286 g/mol. The largest absolute Gasteiger partial charge is 0.475 e. The number of carbonyl (C=O) groups excluding carboxylic acids is 1. The number of hydrogen-bond acceptors (Lipinski definition) is 3. The second kappa shape index (κ2) is 5.32. The molecular formula is C15H14N2O4. The molecule has 0 aliphatic carbocycles. The summed E-state index contributed by atoms with van der Waals surface area (Å²) in [5, 5.41) is 11.5. The standard InChI is InChI=1S/C15H14N2O4/c18-14(19)13-6-5-11(21-13)9-16-15(20)17-8-7-10-3-1-2-4-12(10)17/h1-6H,7-9H2,(H,16,20)(H,18,19). The number of nitrogens with one attached hydrogen (secondary N) is 1. The highest BCUT2D eigenvalue weighted by Crippen LogP contribution is 2.27. The van der Waals surface area contributed by atoms with Crippen LogP contribution < -0.4 is 10.2 Å². The molecule has 2 amide bonds. The van der Waals surface area contributed by atoms with Crippen molar-refractivity contribution in [2.45, 2.75) is 13.0 Å². The van der Waals surface area contributed by atoms with E-state index >= 15 is 0 Å². The first-order chi connectivity index (χ1) is 10.1. The van der Waals surface area contributed by atoms with Gasteiger partial charge in [-0.25, -0.2) is 9.59 Å². The Morgan fingerprint density at radius 1 is 1.24 bits per heavy atom. The molecule has 2 N–H and O–H groups in total. The highest BCUT2D eigenvalue weighted by Gasteiger charge is 2.24. The molecular weight excluding hydrogens is 272 g/mol. The highest BCUT2D eigenvalue weighted by molar-refractivity contribution is 5.94. The van der Waals surface area contributed by atoms with Crippen LogP contribution in [0.15, 0.2) is 40.8 Å². The fourth-order valence-electron chi connectivity index (χ4n) is 2.40. The summed E-state index contributed by atoms with van der Waals surface area (Å²) in [5.74, 6) is -0.847. The molecule has 3 rings (SSSR count). The molecule has 1 aromatic carbocycles. The molecule has 108 valence electrons. The summed E-state index contributed by atoms with van der Waals surface area (Å²) in [6, 6.07) is 10.5. The van der Waals surface area contributed by atoms with Gasteiger partial charge < -0.3 is 14.8 Å². The van der Waals surface area contributed by atoms with Gasteiger partial charge in [-0.1, -0.05) is 18.2 Å². The Balaban J connectivity index is 1.63. The number of rotatable bonds is 3. The first kappa shape index (κ1) is 13.2. The van der Waals surface area contributed by atoms with Crippen LogP contribution in [0.25, 0.3) is 0 Å². The van der Waals surface area contributed by atoms with Gasteiger partial charge in [-0.3, -0.25) is 4.90 Å². The normalized spacial score (nSPS) is 13.0. The number of benzene rings is 1. The van der Waals surface area contributed by atoms with E-state index in [1.54, 1.807) is 11.0 Å². The summed E-state index contributed by atoms with van der Waals surface area (Å²) in [5.41, 5.74) is 2.07. The Morgan fingerprint density at radius 3 is 2.81 bits per heavy atom. The topological polar surface area (TPSA) is 82.8 Å². The van der Waals surface area contributed by atoms with E-state index in [1.807, 2.05) is 24.3 Å². The molecule has 0 saturated heterocycles. The number of carboxylic acid groups (broad SMARTS) is 1. The second-order valence-corrected chi connectivity index (χ2v) is 4.76. The molecule has 0 saturated carbocycles. The van der Waals surface area contributed by atoms with Crippen LogP contribution in [-0.2, 0) is 13.0 Å². The summed E-state index contributed by atoms with van der Waals surface area (Å²) < 4.78 is 5.09. The molecule has 0 bridgehead atoms. The Bertz CT molecular complexity index is 692. The lowest BCUT2D eigenvalue weighted by Gasteiger charge is -2.17. The Hall–Kier alpha value is -2.76. The zero-order valence-electron chi connectivity index (χ0n) is 11.2. The summed E-state index contributed by atoms with van der Waals surface area (Å²) in [4.78, 5) is 24.6. The number of hydrogen-bond donors (Lipinski definition) is 2. The predicted octanol–water partition coefficient (Wildman–Crippen LogP) is 2.25. The third-order valence-electron chi connectivity index (χ3n) is 3.42. The van der Waals surface area contributed by atoms with Crippen molar-refractivity contribution in [1.29, 1.82) is 0 Å². The van der Waals surface area contributed by atoms with Gasteiger partial charge in [0, 0.05) is 12.2 Å². The Labute approximate surface area is 121 Å². The van der Waals surface area contributed by atoms with Crippen molar-refractivity contribution in [2.75, 3.05) is 11.4 Å². The maximum Gasteiger partial charge on any atom is 0.371 e. The van der Waals surface area contributed by atoms with Gasteiger partial charge in [0.05, 0.1) is 6.54 Å². The Morgan fingerprint density at radius 2 is 2.05 bits per heavy atom. The molecule has 1 aliphatic rings. The number of nitrogens with zero attached hydrogens (tertiary/aromatic N) is 1. The van der Waals surface area contributed by atoms with Crippen molar-refractivity contribution >= 4 is 17.7 Å². The number of carbonyl (C=O) groups is 2. The first-order valence-corrected chi connectivity index (χ1v) is 6.60. The van der Waals surface area contributed by atoms with Crippen LogP contribution >= 0.6 is 0 Å². The minimum absolute atomic E-state index is 0.134. The van der Waals surface area contributed by atoms with Gasteiger partial charge in [-0.15, -0.1) is 0 Å². The minimum Gasteiger partial charge on any atom is -0.475 e. The van der Waals surface area contributed by atoms with Crippen molar-refractivity contribution < 1.29 is 19.1 Å². The van der Waals surface area contributed by atoms with Gasteiger partial charge >= 0.3 is 12.0 Å². The fourth-order valence-corrected chi connectivity index (χ4v) is 2.40. The van der Waals surface area contributed by atoms with Crippen LogP contribution in [0.4, 0.5) is 10.5 Å². The lowest BCUT2D eigenvalue weighted by Crippen LogP contribution is -2.38. The third kappa shape index (κ3) is 2.60. The fraction of sp³-hybridized carbons (Fsp3) is 0.200. The van der Waals surface area contributed by atoms with E-state index in [4.69, 9.17) is 9.52 Å². The van der Waals surface area contributed by atoms with E-state index in [0.717, 1.165) is 17.7 Å². The van der Waals surface area contributed by atoms with E-state index < -0.39 is 5.97 Å². The summed E-state index contributed by atoms with van der Waals surface area (Å²) in [6.45, 7) is 0.800. The van der Waals surface area contributed by atoms with Crippen LogP contribution in [0.1, 0.15) is 21.9 Å². The van der Waals surface area contributed by atoms with Gasteiger partial charge in [0.2, 0.25) is 5.76 Å². The molecule has 1 aromatic heterocycles. The molecule has 0 unspecified atom stereocenters. The number of furan rings is 1. The zero-order chi connectivity index (χ0) is 14.8. The number of carboxylic acids is 1. The SMILES string of the molecule is O=C(O)c1ccc(CNC(=O)N2CCc3ccccc32)o1. The number of amides is 2. The van der Waals surface area contributed by atoms with Gasteiger partial charge in [0.15, 0.2) is 0 Å². The minimum atomic E-state index is -1.12. The lowest BCUT2D eigenvalue weighted by atomic mass is 10.2. The molecule has 21 heavy (non-hydrogen) atoms. The Kier molecular flexibility index (Phi) is 3.35. The van der Waals surface area contributed by atoms with Gasteiger partial charge in [0.1, 0.15) is 5.76 Å². The quantitative estimate of drug-likeness (QED) is 0.906. The van der Waals surface area contributed by atoms with Crippen LogP contribution in [0.3, 0.4) is 0 Å². The van der Waals surface area contributed by atoms with Crippen LogP contribution in [0.2, 0.25) is 0 Å². The zero-order valence-corrected chi connectivity index (χ0v) is 11.2. The maximum absolute atomic E-state index is 12.2. The molecule has 2 aromatic rings. The summed E-state index contributed by atoms with van der Waals surface area (Å²) in [6.07, 6.45) is 0.841. The van der Waals surface area contributed by atoms with Gasteiger partial charge in [0.25, 0.3) is 0 Å². The number of urea groups is 1. The first-order valence-electron chi connectivity index (χ1n) is 6.60. The van der Waals surface area contributed by atoms with E-state index in [-0.39, 0.29) is 18.3 Å². The van der Waals surface area contributed by atoms with Crippen molar-refractivity contribution in [1.82, 2.24) is 5.32 Å². The molecule has 1 aliphatic heterocycles. The molecule has 0 atom stereocenters. The van der Waals surface area contributed by atoms with E-state index in [2.05, 4.69) is 5.32 Å². The molecule has 6 nitrogen and oxygen atoms in total. The van der Waals surface area contributed by atoms with Crippen molar-refractivity contribution in [3.63, 3.8) is 0 Å². The second-order valence-electron chi connectivity index (χ2n) is 4.76. The predicted molar refractivity (Wildman–Crippen MR) is 75.4 cm³/mol. The average Bonchev–Trinajstić information content (AvgIpc) is 3.11. The van der Waals surface area contributed by atoms with Crippen molar-refractivity contribution in [3.8, 4) is 0 Å². The molecule has 0 radical (unpaired) electrons. The van der Waals surface area contributed by atoms with Gasteiger partial charge in [-0.05, 0) is 30.2 Å². The van der Waals surface area contributed by atoms with Crippen LogP contribution in [0.5, 0.6) is 0 Å². The number of para-hydroxylation sites is 1. The van der Waals surface area contributed by atoms with Crippen LogP contribution in [-0.4, -0.2) is 23.7 Å². The monoisotopic (exact) mass is 286 g/mol. The van der Waals surface area contributed by atoms with E-state index in [1.165, 1.54) is 6.07 Å². The highest BCUT2D eigenvalue weighted by atomic mass is 16.4. The van der Waals surface area contributed by atoms with Crippen molar-refractivity contribution in [3.05, 3.63) is 53.5 Å². The number of aromatic carboxylic acids is 1. The molecule has 2 heterocycles. The van der Waals surface area contributed by atoms with E-state index in [0.29, 0.717) is 12.3 Å². The molecule has 0 fully saturated rings. The maximum atomic E-state index is 12.2. The van der Waals surface area contributed by atoms with Gasteiger partial charge in [-0.2, -0.15) is 0 Å². The lowest BCUT2D eigenvalue weighted by molar-refractivity contribution is 0.0660. The van der Waals surface area contributed by atoms with Crippen molar-refractivity contribution in [2.24, 2.45) is 0 Å². The smallest absolute Gasteiger partial charge is 0.371 e. The molecule has 6 heteroatoms. The summed E-state index contributed by atoms with van der Waals surface area (Å²) >= 11 is 0. The third-order valence-corrected chi connectivity index (χ3v) is 3.42. The number of fused-ring (bicyclic) bond motifs is 1. The number of anilines is 1. The van der Waals surface area contributed by atoms with E-state index in [9.17, 15) is 9.59 Å². The van der Waals surface area contributed by atoms with Crippen LogP contribution in [0, 0.1) is 0 Å². The molecule has 0 spiro atoms.